The SMILES string of the molecule is CC1(C)C(NC(=O)/C(=N\OCCOc2ccc3nc(SCCCN)[nH]c3c2)c2csc(N)n2)C(=O)N1OS(=O)(=O)O.CO. The van der Waals surface area contributed by atoms with Gasteiger partial charge in [0.1, 0.15) is 24.1 Å². The van der Waals surface area contributed by atoms with E-state index in [0.29, 0.717) is 17.4 Å². The minimum absolute atomic E-state index is 0.0402. The van der Waals surface area contributed by atoms with Crippen LogP contribution in [0.1, 0.15) is 26.0 Å². The van der Waals surface area contributed by atoms with Gasteiger partial charge in [-0.2, -0.15) is 13.5 Å². The van der Waals surface area contributed by atoms with Gasteiger partial charge in [-0.15, -0.1) is 15.6 Å². The van der Waals surface area contributed by atoms with Gasteiger partial charge >= 0.3 is 10.4 Å². The average Bonchev–Trinajstić information content (AvgIpc) is 3.58. The van der Waals surface area contributed by atoms with Crippen LogP contribution in [0.25, 0.3) is 11.0 Å². The lowest BCUT2D eigenvalue weighted by Crippen LogP contribution is -2.76. The number of anilines is 1. The number of hydrogen-bond acceptors (Lipinski definition) is 15. The molecule has 0 spiro atoms. The Morgan fingerprint density at radius 1 is 1.30 bits per heavy atom. The molecule has 0 aliphatic carbocycles. The van der Waals surface area contributed by atoms with Gasteiger partial charge in [-0.25, -0.2) is 9.97 Å². The van der Waals surface area contributed by atoms with Crippen LogP contribution in [-0.4, -0.2) is 99.8 Å². The van der Waals surface area contributed by atoms with Crippen LogP contribution >= 0.6 is 23.1 Å². The zero-order chi connectivity index (χ0) is 31.8. The number of imidazole rings is 1. The third-order valence-electron chi connectivity index (χ3n) is 5.72. The smallest absolute Gasteiger partial charge is 0.418 e. The van der Waals surface area contributed by atoms with Crippen molar-refractivity contribution in [3.05, 3.63) is 29.3 Å². The van der Waals surface area contributed by atoms with Crippen LogP contribution in [0.5, 0.6) is 5.75 Å². The number of nitrogens with one attached hydrogen (secondary N) is 2. The molecule has 43 heavy (non-hydrogen) atoms. The second-order valence-corrected chi connectivity index (χ2v) is 12.1. The van der Waals surface area contributed by atoms with E-state index in [1.807, 2.05) is 12.1 Å². The van der Waals surface area contributed by atoms with Crippen molar-refractivity contribution in [1.29, 1.82) is 0 Å². The first-order chi connectivity index (χ1) is 20.4. The number of rotatable bonds is 14. The van der Waals surface area contributed by atoms with Gasteiger partial charge in [-0.3, -0.25) is 14.1 Å². The van der Waals surface area contributed by atoms with Crippen molar-refractivity contribution in [3.8, 4) is 5.75 Å². The quantitative estimate of drug-likeness (QED) is 0.0339. The highest BCUT2D eigenvalue weighted by atomic mass is 32.3. The fourth-order valence-corrected chi connectivity index (χ4v) is 5.55. The van der Waals surface area contributed by atoms with E-state index in [-0.39, 0.29) is 29.8 Å². The number of carbonyl (C=O) groups excluding carboxylic acids is 2. The summed E-state index contributed by atoms with van der Waals surface area (Å²) in [5, 5.41) is 16.2. The number of nitrogens with two attached hydrogens (primary N) is 2. The number of aliphatic hydroxyl groups excluding tert-OH is 1. The molecule has 1 saturated heterocycles. The number of hydrogen-bond donors (Lipinski definition) is 6. The zero-order valence-electron chi connectivity index (χ0n) is 23.3. The van der Waals surface area contributed by atoms with E-state index in [9.17, 15) is 18.0 Å². The molecule has 0 bridgehead atoms. The van der Waals surface area contributed by atoms with Gasteiger partial charge in [-0.05, 0) is 38.9 Å². The molecular weight excluding hydrogens is 629 g/mol. The van der Waals surface area contributed by atoms with E-state index >= 15 is 0 Å². The zero-order valence-corrected chi connectivity index (χ0v) is 25.8. The second-order valence-electron chi connectivity index (χ2n) is 9.10. The van der Waals surface area contributed by atoms with Crippen molar-refractivity contribution in [1.82, 2.24) is 25.3 Å². The highest BCUT2D eigenvalue weighted by molar-refractivity contribution is 7.99. The van der Waals surface area contributed by atoms with Gasteiger partial charge in [0.05, 0.1) is 16.6 Å². The Morgan fingerprint density at radius 3 is 2.67 bits per heavy atom. The van der Waals surface area contributed by atoms with Crippen LogP contribution in [0.4, 0.5) is 5.13 Å². The van der Waals surface area contributed by atoms with Gasteiger partial charge in [0, 0.05) is 24.3 Å². The summed E-state index contributed by atoms with van der Waals surface area (Å²) in [7, 11) is -3.94. The molecule has 1 atom stereocenters. The lowest BCUT2D eigenvalue weighted by Gasteiger charge is -2.50. The summed E-state index contributed by atoms with van der Waals surface area (Å²) in [6.07, 6.45) is 0.888. The maximum absolute atomic E-state index is 13.1. The van der Waals surface area contributed by atoms with Crippen LogP contribution in [0.2, 0.25) is 0 Å². The minimum atomic E-state index is -4.94. The van der Waals surface area contributed by atoms with Crippen LogP contribution in [0, 0.1) is 0 Å². The molecule has 4 rings (SSSR count). The van der Waals surface area contributed by atoms with E-state index < -0.39 is 33.8 Å². The largest absolute Gasteiger partial charge is 0.490 e. The molecule has 0 radical (unpaired) electrons. The van der Waals surface area contributed by atoms with Crippen molar-refractivity contribution < 1.29 is 41.5 Å². The molecule has 2 amide bonds. The maximum Gasteiger partial charge on any atom is 0.418 e. The van der Waals surface area contributed by atoms with Crippen LogP contribution in [0.3, 0.4) is 0 Å². The first kappa shape index (κ1) is 34.0. The number of nitrogens with zero attached hydrogens (tertiary/aromatic N) is 4. The fourth-order valence-electron chi connectivity index (χ4n) is 3.70. The van der Waals surface area contributed by atoms with Crippen molar-refractivity contribution in [2.24, 2.45) is 10.9 Å². The molecule has 8 N–H and O–H groups in total. The number of ether oxygens (including phenoxy) is 1. The third-order valence-corrected chi connectivity index (χ3v) is 7.69. The summed E-state index contributed by atoms with van der Waals surface area (Å²) in [6, 6.07) is 4.21. The molecule has 0 saturated carbocycles. The van der Waals surface area contributed by atoms with E-state index in [1.165, 1.54) is 19.2 Å². The molecule has 1 aliphatic heterocycles. The molecule has 1 fully saturated rings. The third kappa shape index (κ3) is 8.75. The minimum Gasteiger partial charge on any atom is -0.490 e. The summed E-state index contributed by atoms with van der Waals surface area (Å²) in [6.45, 7) is 3.52. The molecule has 3 heterocycles. The van der Waals surface area contributed by atoms with E-state index in [2.05, 4.69) is 29.7 Å². The summed E-state index contributed by atoms with van der Waals surface area (Å²) >= 11 is 2.65. The molecule has 3 aromatic rings. The predicted molar refractivity (Wildman–Crippen MR) is 159 cm³/mol. The number of aromatic amines is 1. The Labute approximate surface area is 254 Å². The molecule has 2 aromatic heterocycles. The summed E-state index contributed by atoms with van der Waals surface area (Å²) in [5.74, 6) is -0.303. The Bertz CT molecular complexity index is 1560. The summed E-state index contributed by atoms with van der Waals surface area (Å²) in [5.41, 5.74) is 11.4. The van der Waals surface area contributed by atoms with E-state index in [4.69, 9.17) is 30.7 Å². The number of β-lactam (4-membered cyclic amide) rings is 1. The number of H-pyrrole nitrogens is 1. The highest BCUT2D eigenvalue weighted by Crippen LogP contribution is 2.33. The molecule has 1 aromatic carbocycles. The van der Waals surface area contributed by atoms with Gasteiger partial charge in [-0.1, -0.05) is 16.9 Å². The van der Waals surface area contributed by atoms with Gasteiger partial charge in [0.2, 0.25) is 0 Å². The molecule has 236 valence electrons. The molecule has 1 unspecified atom stereocenters. The summed E-state index contributed by atoms with van der Waals surface area (Å²) < 4.78 is 41.0. The number of aliphatic hydroxyl groups is 1. The van der Waals surface area contributed by atoms with Crippen molar-refractivity contribution >= 4 is 67.2 Å². The van der Waals surface area contributed by atoms with Crippen molar-refractivity contribution in [2.45, 2.75) is 37.0 Å². The number of amides is 2. The number of fused-ring (bicyclic) bond motifs is 1. The number of carbonyl (C=O) groups is 2. The van der Waals surface area contributed by atoms with Crippen molar-refractivity contribution in [3.63, 3.8) is 0 Å². The topological polar surface area (TPSA) is 258 Å². The average molecular weight is 661 g/mol. The Kier molecular flexibility index (Phi) is 11.7. The number of nitrogen functional groups attached to an aromatic ring is 1. The molecular formula is C23H32N8O9S3. The van der Waals surface area contributed by atoms with Gasteiger partial charge < -0.3 is 36.4 Å². The number of benzene rings is 1. The van der Waals surface area contributed by atoms with E-state index in [0.717, 1.165) is 46.8 Å². The first-order valence-electron chi connectivity index (χ1n) is 12.5. The molecule has 20 heteroatoms. The lowest BCUT2D eigenvalue weighted by molar-refractivity contribution is -0.218. The standard InChI is InChI=1S/C22H28N8O8S3.CH4O/c1-22(2)17(19(32)30(22)38-41(33,34)35)28-18(31)16(15-11-40-20(24)25-15)29-37-8-7-36-12-4-5-13-14(10-12)27-21(26-13)39-9-3-6-23;1-2/h4-5,10-11,17H,3,6-9,23H2,1-2H3,(H2,24,25)(H,26,27)(H,28,31)(H,33,34,35);2H,1H3/b29-16-;. The number of hydroxylamine groups is 2. The second kappa shape index (κ2) is 14.8. The Morgan fingerprint density at radius 2 is 2.05 bits per heavy atom. The Hall–Kier alpha value is -3.53. The number of aromatic nitrogens is 3. The Balaban J connectivity index is 0.00000248. The first-order valence-corrected chi connectivity index (χ1v) is 15.8. The number of thioether (sulfide) groups is 1. The summed E-state index contributed by atoms with van der Waals surface area (Å²) in [4.78, 5) is 42.6. The molecule has 1 aliphatic rings. The van der Waals surface area contributed by atoms with Crippen LogP contribution < -0.4 is 21.5 Å². The fraction of sp³-hybridized carbons (Fsp3) is 0.435. The van der Waals surface area contributed by atoms with Crippen LogP contribution in [0.15, 0.2) is 33.9 Å². The highest BCUT2D eigenvalue weighted by Gasteiger charge is 2.58. The number of oxime groups is 1. The monoisotopic (exact) mass is 660 g/mol. The van der Waals surface area contributed by atoms with Crippen LogP contribution in [-0.2, 0) is 29.1 Å². The molecule has 17 nitrogen and oxygen atoms in total. The normalized spacial score (nSPS) is 16.3. The van der Waals surface area contributed by atoms with Gasteiger partial charge in [0.15, 0.2) is 22.6 Å². The van der Waals surface area contributed by atoms with Gasteiger partial charge in [0.25, 0.3) is 11.8 Å². The van der Waals surface area contributed by atoms with E-state index in [1.54, 1.807) is 17.8 Å². The van der Waals surface area contributed by atoms with Crippen molar-refractivity contribution in [2.75, 3.05) is 38.4 Å². The lowest BCUT2D eigenvalue weighted by atomic mass is 9.84. The predicted octanol–water partition coefficient (Wildman–Crippen LogP) is 0.291. The maximum atomic E-state index is 13.1. The number of thiazole rings is 1.